The SMILES string of the molecule is C=C(CC(=O)[O-])C(=O)[O-].C=CC(=O)OC.OCC(CO)(CO)COCC(CO)(CO)CO.[K+].[K+]. The largest absolute Gasteiger partial charge is 1.00 e. The Labute approximate surface area is 283 Å². The minimum atomic E-state index is -1.56. The Morgan fingerprint density at radius 1 is 0.824 bits per heavy atom. The topological polar surface area (TPSA) is 237 Å². The summed E-state index contributed by atoms with van der Waals surface area (Å²) in [6.07, 6.45) is 0.433. The molecule has 0 fully saturated rings. The molecule has 0 unspecified atom stereocenters. The van der Waals surface area contributed by atoms with Gasteiger partial charge in [0.25, 0.3) is 0 Å². The van der Waals surface area contributed by atoms with Crippen LogP contribution < -0.4 is 113 Å². The van der Waals surface area contributed by atoms with Gasteiger partial charge in [0, 0.05) is 18.5 Å². The van der Waals surface area contributed by atoms with Crippen molar-refractivity contribution < 1.29 is 167 Å². The molecule has 0 aromatic heterocycles. The summed E-state index contributed by atoms with van der Waals surface area (Å²) in [5, 5.41) is 73.6. The quantitative estimate of drug-likeness (QED) is 0.0675. The second-order valence-electron chi connectivity index (χ2n) is 6.61. The van der Waals surface area contributed by atoms with E-state index in [1.54, 1.807) is 0 Å². The van der Waals surface area contributed by atoms with Crippen LogP contribution in [0.5, 0.6) is 0 Å². The van der Waals surface area contributed by atoms with E-state index in [0.29, 0.717) is 0 Å². The molecule has 0 spiro atoms. The van der Waals surface area contributed by atoms with Gasteiger partial charge >= 0.3 is 109 Å². The Kier molecular flexibility index (Phi) is 35.5. The van der Waals surface area contributed by atoms with Crippen molar-refractivity contribution in [2.45, 2.75) is 6.42 Å². The van der Waals surface area contributed by atoms with Crippen LogP contribution in [0.15, 0.2) is 24.8 Å². The first-order chi connectivity index (χ1) is 14.9. The summed E-state index contributed by atoms with van der Waals surface area (Å²) in [5.74, 6) is -3.42. The van der Waals surface area contributed by atoms with Crippen LogP contribution in [0.4, 0.5) is 0 Å². The first-order valence-corrected chi connectivity index (χ1v) is 8.94. The molecule has 0 rings (SSSR count). The molecule has 0 aliphatic heterocycles. The number of carboxylic acid groups (broad SMARTS) is 2. The number of carbonyl (C=O) groups is 3. The zero-order chi connectivity index (χ0) is 25.8. The Morgan fingerprint density at radius 3 is 1.26 bits per heavy atom. The molecular formula is C19H32K2O13. The van der Waals surface area contributed by atoms with Crippen LogP contribution in [0, 0.1) is 10.8 Å². The minimum absolute atomic E-state index is 0. The van der Waals surface area contributed by atoms with Crippen LogP contribution in [0.1, 0.15) is 6.42 Å². The standard InChI is InChI=1S/C10H22O7.C5H6O4.C4H6O2.2K/c11-1-9(2-12,3-13)7-17-8-10(4-14,5-15)6-16;1-3(5(8)9)2-4(6)7;1-3-4(5)6-2;;/h11-16H,1-8H2;1-2H2,(H,6,7)(H,8,9);3H,1H2,2H3;;/q;;;2*+1/p-2. The van der Waals surface area contributed by atoms with Gasteiger partial charge < -0.3 is 59.9 Å². The average molecular weight is 547 g/mol. The number of esters is 1. The number of rotatable bonds is 14. The van der Waals surface area contributed by atoms with Crippen molar-refractivity contribution >= 4 is 17.9 Å². The summed E-state index contributed by atoms with van der Waals surface area (Å²) in [6.45, 7) is 3.06. The van der Waals surface area contributed by atoms with Gasteiger partial charge in [-0.05, 0) is 5.57 Å². The summed E-state index contributed by atoms with van der Waals surface area (Å²) in [7, 11) is 1.31. The molecule has 15 heteroatoms. The van der Waals surface area contributed by atoms with E-state index in [2.05, 4.69) is 17.9 Å². The molecule has 0 atom stereocenters. The Morgan fingerprint density at radius 2 is 1.15 bits per heavy atom. The number of aliphatic hydroxyl groups is 6. The maximum Gasteiger partial charge on any atom is 1.00 e. The van der Waals surface area contributed by atoms with E-state index in [1.165, 1.54) is 7.11 Å². The van der Waals surface area contributed by atoms with Crippen molar-refractivity contribution in [1.82, 2.24) is 0 Å². The Balaban J connectivity index is -0.000000139. The van der Waals surface area contributed by atoms with Crippen LogP contribution in [0.3, 0.4) is 0 Å². The second-order valence-corrected chi connectivity index (χ2v) is 6.61. The van der Waals surface area contributed by atoms with E-state index in [1.807, 2.05) is 0 Å². The van der Waals surface area contributed by atoms with Crippen molar-refractivity contribution in [2.75, 3.05) is 60.0 Å². The minimum Gasteiger partial charge on any atom is -0.550 e. The molecule has 0 saturated heterocycles. The Bertz CT molecular complexity index is 540. The summed E-state index contributed by atoms with van der Waals surface area (Å²) in [5.41, 5.74) is -2.80. The predicted octanol–water partition coefficient (Wildman–Crippen LogP) is -11.3. The molecule has 0 amide bonds. The molecule has 188 valence electrons. The summed E-state index contributed by atoms with van der Waals surface area (Å²) in [6, 6.07) is 0. The van der Waals surface area contributed by atoms with E-state index < -0.39 is 80.4 Å². The van der Waals surface area contributed by atoms with E-state index in [-0.39, 0.29) is 116 Å². The van der Waals surface area contributed by atoms with Crippen molar-refractivity contribution in [3.63, 3.8) is 0 Å². The zero-order valence-corrected chi connectivity index (χ0v) is 26.1. The van der Waals surface area contributed by atoms with Crippen LogP contribution in [-0.4, -0.2) is 109 Å². The Hall–Kier alpha value is 0.883. The zero-order valence-electron chi connectivity index (χ0n) is 19.9. The molecule has 13 nitrogen and oxygen atoms in total. The summed E-state index contributed by atoms with van der Waals surface area (Å²) in [4.78, 5) is 29.2. The smallest absolute Gasteiger partial charge is 0.550 e. The van der Waals surface area contributed by atoms with Crippen LogP contribution in [-0.2, 0) is 23.9 Å². The van der Waals surface area contributed by atoms with E-state index in [9.17, 15) is 24.6 Å². The van der Waals surface area contributed by atoms with Crippen molar-refractivity contribution in [2.24, 2.45) is 10.8 Å². The maximum atomic E-state index is 9.84. The molecule has 0 heterocycles. The fourth-order valence-electron chi connectivity index (χ4n) is 1.39. The molecular weight excluding hydrogens is 514 g/mol. The van der Waals surface area contributed by atoms with Crippen molar-refractivity contribution in [1.29, 1.82) is 0 Å². The van der Waals surface area contributed by atoms with Gasteiger partial charge in [0.2, 0.25) is 0 Å². The molecule has 0 bridgehead atoms. The second kappa shape index (κ2) is 26.9. The molecule has 0 radical (unpaired) electrons. The van der Waals surface area contributed by atoms with E-state index >= 15 is 0 Å². The number of hydrogen-bond donors (Lipinski definition) is 6. The third-order valence-corrected chi connectivity index (χ3v) is 3.84. The average Bonchev–Trinajstić information content (AvgIpc) is 2.80. The summed E-state index contributed by atoms with van der Waals surface area (Å²) < 4.78 is 9.29. The first kappa shape index (κ1) is 44.8. The third-order valence-electron chi connectivity index (χ3n) is 3.84. The van der Waals surface area contributed by atoms with Gasteiger partial charge in [-0.15, -0.1) is 0 Å². The predicted molar refractivity (Wildman–Crippen MR) is 104 cm³/mol. The molecule has 34 heavy (non-hydrogen) atoms. The molecule has 0 aromatic rings. The van der Waals surface area contributed by atoms with Gasteiger partial charge in [0.05, 0.1) is 76.8 Å². The fourth-order valence-corrected chi connectivity index (χ4v) is 1.39. The number of aliphatic hydroxyl groups excluding tert-OH is 6. The van der Waals surface area contributed by atoms with Gasteiger partial charge in [-0.25, -0.2) is 4.79 Å². The monoisotopic (exact) mass is 546 g/mol. The van der Waals surface area contributed by atoms with Gasteiger partial charge in [-0.3, -0.25) is 0 Å². The molecule has 0 aromatic carbocycles. The molecule has 0 aliphatic rings. The van der Waals surface area contributed by atoms with Crippen LogP contribution >= 0.6 is 0 Å². The number of carbonyl (C=O) groups excluding carboxylic acids is 3. The number of carboxylic acids is 2. The van der Waals surface area contributed by atoms with Crippen molar-refractivity contribution in [3.8, 4) is 0 Å². The van der Waals surface area contributed by atoms with Gasteiger partial charge in [-0.2, -0.15) is 0 Å². The van der Waals surface area contributed by atoms with E-state index in [0.717, 1.165) is 6.08 Å². The van der Waals surface area contributed by atoms with Gasteiger partial charge in [0.1, 0.15) is 0 Å². The van der Waals surface area contributed by atoms with E-state index in [4.69, 9.17) is 35.4 Å². The number of aliphatic carboxylic acids is 2. The molecule has 6 N–H and O–H groups in total. The first-order valence-electron chi connectivity index (χ1n) is 8.94. The number of ether oxygens (including phenoxy) is 2. The van der Waals surface area contributed by atoms with Crippen molar-refractivity contribution in [3.05, 3.63) is 24.8 Å². The fraction of sp³-hybridized carbons (Fsp3) is 0.632. The maximum absolute atomic E-state index is 9.84. The van der Waals surface area contributed by atoms with Crippen LogP contribution in [0.2, 0.25) is 0 Å². The molecule has 0 saturated carbocycles. The number of methoxy groups -OCH3 is 1. The van der Waals surface area contributed by atoms with Crippen LogP contribution in [0.25, 0.3) is 0 Å². The van der Waals surface area contributed by atoms with Gasteiger partial charge in [0.15, 0.2) is 0 Å². The normalized spacial score (nSPS) is 9.97. The van der Waals surface area contributed by atoms with Gasteiger partial charge in [-0.1, -0.05) is 13.2 Å². The number of hydrogen-bond acceptors (Lipinski definition) is 13. The third kappa shape index (κ3) is 22.1. The summed E-state index contributed by atoms with van der Waals surface area (Å²) >= 11 is 0. The molecule has 0 aliphatic carbocycles.